The van der Waals surface area contributed by atoms with E-state index in [2.05, 4.69) is 39.5 Å². The molecule has 0 saturated carbocycles. The van der Waals surface area contributed by atoms with E-state index in [1.807, 2.05) is 42.5 Å². The highest BCUT2D eigenvalue weighted by Gasteiger charge is 2.27. The van der Waals surface area contributed by atoms with Gasteiger partial charge in [-0.2, -0.15) is 0 Å². The van der Waals surface area contributed by atoms with Gasteiger partial charge >= 0.3 is 0 Å². The molecule has 6 rings (SSSR count). The van der Waals surface area contributed by atoms with Gasteiger partial charge in [0.1, 0.15) is 12.4 Å². The average Bonchev–Trinajstić information content (AvgIpc) is 3.48. The number of likely N-dealkylation sites (tertiary alicyclic amines) is 1. The Labute approximate surface area is 199 Å². The minimum absolute atomic E-state index is 0.0420. The summed E-state index contributed by atoms with van der Waals surface area (Å²) in [5.41, 5.74) is 7.07. The Kier molecular flexibility index (Phi) is 5.55. The quantitative estimate of drug-likeness (QED) is 0.399. The molecule has 2 N–H and O–H groups in total. The number of carbonyl (C=O) groups excluding carboxylic acids is 1. The highest BCUT2D eigenvalue weighted by Crippen LogP contribution is 2.36. The van der Waals surface area contributed by atoms with Gasteiger partial charge in [0.15, 0.2) is 0 Å². The molecule has 5 nitrogen and oxygen atoms in total. The average molecular weight is 452 g/mol. The number of aromatic amines is 1. The Morgan fingerprint density at radius 3 is 2.59 bits per heavy atom. The first-order chi connectivity index (χ1) is 16.7. The van der Waals surface area contributed by atoms with Crippen molar-refractivity contribution in [2.24, 2.45) is 0 Å². The lowest BCUT2D eigenvalue weighted by Gasteiger charge is -2.26. The molecular weight excluding hydrogens is 422 g/mol. The Hall–Kier alpha value is -3.57. The van der Waals surface area contributed by atoms with E-state index in [9.17, 15) is 4.79 Å². The maximum atomic E-state index is 12.8. The number of H-pyrrole nitrogens is 1. The fourth-order valence-corrected chi connectivity index (χ4v) is 5.22. The first-order valence-corrected chi connectivity index (χ1v) is 12.2. The Morgan fingerprint density at radius 1 is 0.882 bits per heavy atom. The van der Waals surface area contributed by atoms with Gasteiger partial charge in [0.05, 0.1) is 5.56 Å². The number of carbonyl (C=O) groups is 1. The van der Waals surface area contributed by atoms with Crippen molar-refractivity contribution in [2.45, 2.75) is 39.0 Å². The van der Waals surface area contributed by atoms with Crippen LogP contribution in [-0.2, 0) is 19.7 Å². The van der Waals surface area contributed by atoms with E-state index in [1.54, 1.807) is 0 Å². The van der Waals surface area contributed by atoms with Gasteiger partial charge in [-0.25, -0.2) is 0 Å². The molecule has 1 amide bonds. The summed E-state index contributed by atoms with van der Waals surface area (Å²) in [6, 6.07) is 22.9. The number of benzene rings is 3. The van der Waals surface area contributed by atoms with Gasteiger partial charge in [-0.05, 0) is 67.4 Å². The predicted molar refractivity (Wildman–Crippen MR) is 135 cm³/mol. The third-order valence-electron chi connectivity index (χ3n) is 6.99. The standard InChI is InChI=1S/C29H29N3O2/c33-29-28-23(10-12-27(24(28)17-30-29)34-19-20-7-3-1-4-8-20)26-16-22-15-21(9-11-25(22)31-26)18-32-13-5-2-6-14-32/h1,3-4,7-12,15-16,31H,2,5-6,13-14,17-19H2,(H,30,33). The van der Waals surface area contributed by atoms with Gasteiger partial charge in [0.25, 0.3) is 5.91 Å². The predicted octanol–water partition coefficient (Wildman–Crippen LogP) is 5.64. The molecule has 4 aromatic rings. The maximum Gasteiger partial charge on any atom is 0.252 e. The molecule has 5 heteroatoms. The van der Waals surface area contributed by atoms with Crippen molar-refractivity contribution >= 4 is 16.8 Å². The van der Waals surface area contributed by atoms with E-state index < -0.39 is 0 Å². The summed E-state index contributed by atoms with van der Waals surface area (Å²) < 4.78 is 6.11. The second-order valence-corrected chi connectivity index (χ2v) is 9.36. The molecule has 1 aromatic heterocycles. The van der Waals surface area contributed by atoms with Crippen molar-refractivity contribution in [3.8, 4) is 17.0 Å². The van der Waals surface area contributed by atoms with E-state index >= 15 is 0 Å². The molecule has 0 bridgehead atoms. The largest absolute Gasteiger partial charge is 0.489 e. The highest BCUT2D eigenvalue weighted by atomic mass is 16.5. The van der Waals surface area contributed by atoms with E-state index in [-0.39, 0.29) is 5.91 Å². The molecule has 0 unspecified atom stereocenters. The van der Waals surface area contributed by atoms with Gasteiger partial charge in [-0.1, -0.05) is 42.8 Å². The fourth-order valence-electron chi connectivity index (χ4n) is 5.22. The molecule has 0 atom stereocenters. The Bertz CT molecular complexity index is 1340. The maximum absolute atomic E-state index is 12.8. The van der Waals surface area contributed by atoms with Crippen LogP contribution in [0.25, 0.3) is 22.2 Å². The lowest BCUT2D eigenvalue weighted by molar-refractivity contribution is 0.0966. The number of fused-ring (bicyclic) bond motifs is 2. The number of hydrogen-bond acceptors (Lipinski definition) is 3. The molecule has 0 radical (unpaired) electrons. The molecule has 1 saturated heterocycles. The molecule has 172 valence electrons. The first kappa shape index (κ1) is 21.0. The summed E-state index contributed by atoms with van der Waals surface area (Å²) >= 11 is 0. The van der Waals surface area contributed by atoms with Crippen molar-refractivity contribution in [3.63, 3.8) is 0 Å². The lowest BCUT2D eigenvalue weighted by atomic mass is 9.99. The SMILES string of the molecule is O=C1NCc2c(OCc3ccccc3)ccc(-c3cc4cc(CN5CCCCC5)ccc4[nH]3)c21. The first-order valence-electron chi connectivity index (χ1n) is 12.2. The van der Waals surface area contributed by atoms with E-state index in [0.717, 1.165) is 40.2 Å². The molecule has 0 aliphatic carbocycles. The number of nitrogens with one attached hydrogen (secondary N) is 2. The molecule has 3 aromatic carbocycles. The van der Waals surface area contributed by atoms with Crippen LogP contribution < -0.4 is 10.1 Å². The topological polar surface area (TPSA) is 57.4 Å². The molecule has 3 heterocycles. The number of ether oxygens (including phenoxy) is 1. The van der Waals surface area contributed by atoms with Gasteiger partial charge < -0.3 is 15.0 Å². The molecule has 1 fully saturated rings. The summed E-state index contributed by atoms with van der Waals surface area (Å²) in [6.45, 7) is 4.35. The number of piperidine rings is 1. The van der Waals surface area contributed by atoms with Crippen LogP contribution in [0.5, 0.6) is 5.75 Å². The van der Waals surface area contributed by atoms with Crippen LogP contribution in [-0.4, -0.2) is 28.9 Å². The zero-order chi connectivity index (χ0) is 22.9. The third-order valence-corrected chi connectivity index (χ3v) is 6.99. The zero-order valence-electron chi connectivity index (χ0n) is 19.3. The number of rotatable bonds is 6. The smallest absolute Gasteiger partial charge is 0.252 e. The van der Waals surface area contributed by atoms with Gasteiger partial charge in [0.2, 0.25) is 0 Å². The summed E-state index contributed by atoms with van der Waals surface area (Å²) in [7, 11) is 0. The van der Waals surface area contributed by atoms with Crippen molar-refractivity contribution in [3.05, 3.63) is 89.0 Å². The molecule has 2 aliphatic heterocycles. The van der Waals surface area contributed by atoms with Crippen LogP contribution in [0.4, 0.5) is 0 Å². The van der Waals surface area contributed by atoms with Crippen molar-refractivity contribution in [1.29, 1.82) is 0 Å². The monoisotopic (exact) mass is 451 g/mol. The summed E-state index contributed by atoms with van der Waals surface area (Å²) in [5.74, 6) is 0.723. The van der Waals surface area contributed by atoms with Gasteiger partial charge in [0, 0.05) is 40.8 Å². The van der Waals surface area contributed by atoms with E-state index in [0.29, 0.717) is 18.7 Å². The van der Waals surface area contributed by atoms with Crippen molar-refractivity contribution in [2.75, 3.05) is 13.1 Å². The van der Waals surface area contributed by atoms with E-state index in [1.165, 1.54) is 43.3 Å². The Balaban J connectivity index is 1.29. The zero-order valence-corrected chi connectivity index (χ0v) is 19.3. The fraction of sp³-hybridized carbons (Fsp3) is 0.276. The third kappa shape index (κ3) is 4.08. The minimum Gasteiger partial charge on any atom is -0.489 e. The molecule has 0 spiro atoms. The second-order valence-electron chi connectivity index (χ2n) is 9.36. The van der Waals surface area contributed by atoms with Crippen molar-refractivity contribution < 1.29 is 9.53 Å². The second kappa shape index (κ2) is 8.99. The Morgan fingerprint density at radius 2 is 1.74 bits per heavy atom. The number of nitrogens with zero attached hydrogens (tertiary/aromatic N) is 1. The van der Waals surface area contributed by atoms with Crippen LogP contribution in [0.1, 0.15) is 46.3 Å². The van der Waals surface area contributed by atoms with Gasteiger partial charge in [-0.3, -0.25) is 9.69 Å². The molecule has 34 heavy (non-hydrogen) atoms. The number of amides is 1. The summed E-state index contributed by atoms with van der Waals surface area (Å²) in [4.78, 5) is 18.9. The lowest BCUT2D eigenvalue weighted by Crippen LogP contribution is -2.28. The normalized spacial score (nSPS) is 15.9. The van der Waals surface area contributed by atoms with E-state index in [4.69, 9.17) is 4.74 Å². The highest BCUT2D eigenvalue weighted by molar-refractivity contribution is 6.05. The summed E-state index contributed by atoms with van der Waals surface area (Å²) in [5, 5.41) is 4.17. The summed E-state index contributed by atoms with van der Waals surface area (Å²) in [6.07, 6.45) is 3.95. The number of aromatic nitrogens is 1. The number of hydrogen-bond donors (Lipinski definition) is 2. The van der Waals surface area contributed by atoms with Crippen LogP contribution in [0.15, 0.2) is 66.7 Å². The van der Waals surface area contributed by atoms with Crippen LogP contribution in [0.3, 0.4) is 0 Å². The van der Waals surface area contributed by atoms with Gasteiger partial charge in [-0.15, -0.1) is 0 Å². The molecule has 2 aliphatic rings. The molecular formula is C29H29N3O2. The van der Waals surface area contributed by atoms with Crippen LogP contribution in [0, 0.1) is 0 Å². The van der Waals surface area contributed by atoms with Crippen LogP contribution >= 0.6 is 0 Å². The minimum atomic E-state index is -0.0420. The van der Waals surface area contributed by atoms with Crippen LogP contribution in [0.2, 0.25) is 0 Å². The van der Waals surface area contributed by atoms with Crippen molar-refractivity contribution in [1.82, 2.24) is 15.2 Å².